The summed E-state index contributed by atoms with van der Waals surface area (Å²) in [6, 6.07) is 4.80. The van der Waals surface area contributed by atoms with Crippen LogP contribution < -0.4 is 0 Å². The van der Waals surface area contributed by atoms with Gasteiger partial charge in [0.05, 0.1) is 5.69 Å². The van der Waals surface area contributed by atoms with Crippen LogP contribution >= 0.6 is 0 Å². The highest BCUT2D eigenvalue weighted by molar-refractivity contribution is 5.86. The number of nitrogens with zero attached hydrogens (tertiary/aromatic N) is 2. The van der Waals surface area contributed by atoms with Gasteiger partial charge in [0, 0.05) is 13.1 Å². The van der Waals surface area contributed by atoms with Crippen molar-refractivity contribution in [3.8, 4) is 0 Å². The molecule has 1 aromatic heterocycles. The quantitative estimate of drug-likeness (QED) is 0.828. The first-order valence-electron chi connectivity index (χ1n) is 5.45. The first-order chi connectivity index (χ1) is 8.58. The van der Waals surface area contributed by atoms with Gasteiger partial charge in [-0.2, -0.15) is 0 Å². The Morgan fingerprint density at radius 1 is 1.28 bits per heavy atom. The molecule has 2 N–H and O–H groups in total. The Hall–Kier alpha value is -2.37. The van der Waals surface area contributed by atoms with Crippen LogP contribution in [0.15, 0.2) is 24.3 Å². The standard InChI is InChI=1S/C12H12N2O4/c15-11(16)10-3-1-2-9(13-10)8-4-6-14(7-5-8)12(17)18/h1-4H,5-7H2,(H,15,16)(H,17,18). The predicted molar refractivity (Wildman–Crippen MR) is 63.4 cm³/mol. The molecule has 0 aliphatic carbocycles. The minimum atomic E-state index is -1.07. The fourth-order valence-electron chi connectivity index (χ4n) is 1.81. The monoisotopic (exact) mass is 248 g/mol. The third-order valence-electron chi connectivity index (χ3n) is 2.78. The van der Waals surface area contributed by atoms with Crippen molar-refractivity contribution < 1.29 is 19.8 Å². The maximum atomic E-state index is 10.8. The van der Waals surface area contributed by atoms with E-state index in [2.05, 4.69) is 4.98 Å². The van der Waals surface area contributed by atoms with Crippen molar-refractivity contribution in [3.63, 3.8) is 0 Å². The molecule has 1 aromatic rings. The zero-order valence-corrected chi connectivity index (χ0v) is 9.54. The van der Waals surface area contributed by atoms with E-state index in [-0.39, 0.29) is 5.69 Å². The van der Waals surface area contributed by atoms with Crippen LogP contribution in [0.5, 0.6) is 0 Å². The second-order valence-electron chi connectivity index (χ2n) is 3.92. The molecular formula is C12H12N2O4. The summed E-state index contributed by atoms with van der Waals surface area (Å²) in [6.07, 6.45) is 1.37. The SMILES string of the molecule is O=C(O)c1cccc(C2=CCN(C(=O)O)CC2)n1. The van der Waals surface area contributed by atoms with Gasteiger partial charge in [0.15, 0.2) is 0 Å². The van der Waals surface area contributed by atoms with E-state index in [4.69, 9.17) is 10.2 Å². The maximum absolute atomic E-state index is 10.8. The molecule has 18 heavy (non-hydrogen) atoms. The largest absolute Gasteiger partial charge is 0.477 e. The van der Waals surface area contributed by atoms with Crippen LogP contribution in [0.4, 0.5) is 4.79 Å². The number of carboxylic acid groups (broad SMARTS) is 2. The predicted octanol–water partition coefficient (Wildman–Crippen LogP) is 1.55. The summed E-state index contributed by atoms with van der Waals surface area (Å²) in [5.41, 5.74) is 1.48. The number of rotatable bonds is 2. The van der Waals surface area contributed by atoms with Crippen molar-refractivity contribution >= 4 is 17.6 Å². The molecule has 6 heteroatoms. The summed E-state index contributed by atoms with van der Waals surface area (Å²) in [5, 5.41) is 17.7. The number of hydrogen-bond acceptors (Lipinski definition) is 3. The van der Waals surface area contributed by atoms with Crippen LogP contribution in [0.1, 0.15) is 22.6 Å². The number of pyridine rings is 1. The summed E-state index contributed by atoms with van der Waals surface area (Å²) in [7, 11) is 0. The van der Waals surface area contributed by atoms with Crippen molar-refractivity contribution in [2.75, 3.05) is 13.1 Å². The minimum absolute atomic E-state index is 0.00550. The molecule has 1 amide bonds. The molecular weight excluding hydrogens is 236 g/mol. The average Bonchev–Trinajstić information content (AvgIpc) is 2.39. The molecule has 0 spiro atoms. The molecule has 94 valence electrons. The first kappa shape index (κ1) is 12.1. The lowest BCUT2D eigenvalue weighted by atomic mass is 10.0. The number of aromatic nitrogens is 1. The van der Waals surface area contributed by atoms with Gasteiger partial charge in [-0.1, -0.05) is 12.1 Å². The fourth-order valence-corrected chi connectivity index (χ4v) is 1.81. The Morgan fingerprint density at radius 3 is 2.61 bits per heavy atom. The van der Waals surface area contributed by atoms with Crippen LogP contribution in [0.2, 0.25) is 0 Å². The van der Waals surface area contributed by atoms with E-state index < -0.39 is 12.1 Å². The molecule has 0 radical (unpaired) electrons. The lowest BCUT2D eigenvalue weighted by Gasteiger charge is -2.23. The minimum Gasteiger partial charge on any atom is -0.477 e. The van der Waals surface area contributed by atoms with Crippen LogP contribution in [0.3, 0.4) is 0 Å². The third kappa shape index (κ3) is 2.48. The second kappa shape index (κ2) is 4.87. The van der Waals surface area contributed by atoms with Crippen molar-refractivity contribution in [2.24, 2.45) is 0 Å². The molecule has 0 bridgehead atoms. The van der Waals surface area contributed by atoms with Gasteiger partial charge >= 0.3 is 12.1 Å². The van der Waals surface area contributed by atoms with Gasteiger partial charge in [-0.3, -0.25) is 0 Å². The number of aromatic carboxylic acids is 1. The molecule has 6 nitrogen and oxygen atoms in total. The average molecular weight is 248 g/mol. The Morgan fingerprint density at radius 2 is 2.06 bits per heavy atom. The summed E-state index contributed by atoms with van der Waals surface area (Å²) < 4.78 is 0. The first-order valence-corrected chi connectivity index (χ1v) is 5.45. The van der Waals surface area contributed by atoms with Crippen LogP contribution in [-0.2, 0) is 0 Å². The van der Waals surface area contributed by atoms with Crippen LogP contribution in [-0.4, -0.2) is 45.2 Å². The van der Waals surface area contributed by atoms with Crippen molar-refractivity contribution in [1.82, 2.24) is 9.88 Å². The zero-order valence-electron chi connectivity index (χ0n) is 9.54. The highest BCUT2D eigenvalue weighted by Crippen LogP contribution is 2.20. The number of amides is 1. The lowest BCUT2D eigenvalue weighted by molar-refractivity contribution is 0.0690. The van der Waals surface area contributed by atoms with E-state index in [0.29, 0.717) is 25.2 Å². The van der Waals surface area contributed by atoms with Gasteiger partial charge in [0.2, 0.25) is 0 Å². The molecule has 2 rings (SSSR count). The fraction of sp³-hybridized carbons (Fsp3) is 0.250. The molecule has 1 aliphatic rings. The molecule has 0 saturated heterocycles. The second-order valence-corrected chi connectivity index (χ2v) is 3.92. The van der Waals surface area contributed by atoms with E-state index >= 15 is 0 Å². The number of hydrogen-bond donors (Lipinski definition) is 2. The maximum Gasteiger partial charge on any atom is 0.407 e. The highest BCUT2D eigenvalue weighted by atomic mass is 16.4. The summed E-state index contributed by atoms with van der Waals surface area (Å²) in [5.74, 6) is -1.07. The zero-order chi connectivity index (χ0) is 13.1. The van der Waals surface area contributed by atoms with Gasteiger partial charge < -0.3 is 15.1 Å². The van der Waals surface area contributed by atoms with Gasteiger partial charge in [0.25, 0.3) is 0 Å². The topological polar surface area (TPSA) is 90.7 Å². The highest BCUT2D eigenvalue weighted by Gasteiger charge is 2.17. The molecule has 0 fully saturated rings. The Kier molecular flexibility index (Phi) is 3.27. The van der Waals surface area contributed by atoms with Crippen molar-refractivity contribution in [3.05, 3.63) is 35.7 Å². The van der Waals surface area contributed by atoms with Crippen molar-refractivity contribution in [2.45, 2.75) is 6.42 Å². The van der Waals surface area contributed by atoms with Gasteiger partial charge in [-0.25, -0.2) is 14.6 Å². The van der Waals surface area contributed by atoms with Gasteiger partial charge in [0.1, 0.15) is 5.69 Å². The summed E-state index contributed by atoms with van der Waals surface area (Å²) in [6.45, 7) is 0.712. The van der Waals surface area contributed by atoms with Crippen LogP contribution in [0, 0.1) is 0 Å². The van der Waals surface area contributed by atoms with E-state index in [1.165, 1.54) is 11.0 Å². The summed E-state index contributed by atoms with van der Waals surface area (Å²) in [4.78, 5) is 26.9. The van der Waals surface area contributed by atoms with Crippen molar-refractivity contribution in [1.29, 1.82) is 0 Å². The molecule has 0 atom stereocenters. The molecule has 0 aromatic carbocycles. The van der Waals surface area contributed by atoms with E-state index in [0.717, 1.165) is 5.57 Å². The van der Waals surface area contributed by atoms with E-state index in [9.17, 15) is 9.59 Å². The number of carboxylic acids is 1. The van der Waals surface area contributed by atoms with E-state index in [1.54, 1.807) is 18.2 Å². The smallest absolute Gasteiger partial charge is 0.407 e. The molecule has 0 saturated carbocycles. The molecule has 0 unspecified atom stereocenters. The van der Waals surface area contributed by atoms with Crippen LogP contribution in [0.25, 0.3) is 5.57 Å². The van der Waals surface area contributed by atoms with Gasteiger partial charge in [-0.05, 0) is 24.1 Å². The third-order valence-corrected chi connectivity index (χ3v) is 2.78. The van der Waals surface area contributed by atoms with Gasteiger partial charge in [-0.15, -0.1) is 0 Å². The molecule has 2 heterocycles. The Bertz CT molecular complexity index is 525. The van der Waals surface area contributed by atoms with E-state index in [1.807, 2.05) is 0 Å². The Labute approximate surface area is 103 Å². The Balaban J connectivity index is 2.20. The normalized spacial score (nSPS) is 15.1. The molecule has 1 aliphatic heterocycles. The number of carbonyl (C=O) groups is 2. The summed E-state index contributed by atoms with van der Waals surface area (Å²) >= 11 is 0. The lowest BCUT2D eigenvalue weighted by Crippen LogP contribution is -2.33.